The largest absolute Gasteiger partial charge is 0.468 e. The summed E-state index contributed by atoms with van der Waals surface area (Å²) in [5.41, 5.74) is 0. The number of thiophene rings is 1. The predicted octanol–water partition coefficient (Wildman–Crippen LogP) is 3.85. The molecule has 0 bridgehead atoms. The minimum Gasteiger partial charge on any atom is -0.468 e. The maximum absolute atomic E-state index is 5.70. The molecule has 1 aliphatic heterocycles. The summed E-state index contributed by atoms with van der Waals surface area (Å²) in [6.07, 6.45) is 5.35. The van der Waals surface area contributed by atoms with E-state index in [0.717, 1.165) is 44.3 Å². The Morgan fingerprint density at radius 2 is 2.15 bits per heavy atom. The number of aliphatic imine (C=N–C) groups is 1. The summed E-state index contributed by atoms with van der Waals surface area (Å²) >= 11 is 1.81. The number of rotatable bonds is 7. The van der Waals surface area contributed by atoms with Crippen LogP contribution in [-0.4, -0.2) is 56.0 Å². The van der Waals surface area contributed by atoms with Gasteiger partial charge in [0.05, 0.1) is 12.3 Å². The van der Waals surface area contributed by atoms with Gasteiger partial charge < -0.3 is 14.6 Å². The lowest BCUT2D eigenvalue weighted by molar-refractivity contribution is 0.214. The van der Waals surface area contributed by atoms with Gasteiger partial charge in [-0.2, -0.15) is 0 Å². The minimum atomic E-state index is 0. The van der Waals surface area contributed by atoms with Crippen molar-refractivity contribution in [3.63, 3.8) is 0 Å². The summed E-state index contributed by atoms with van der Waals surface area (Å²) in [6.45, 7) is 4.04. The molecule has 2 aromatic rings. The molecule has 0 aliphatic carbocycles. The maximum Gasteiger partial charge on any atom is 0.193 e. The summed E-state index contributed by atoms with van der Waals surface area (Å²) in [5.74, 6) is 1.97. The standard InChI is InChI=1S/C19H28N4OS.HI/c1-20-19(22(2)12-9-16-7-6-14-25-16)21-15-17(18-8-5-13-24-18)23-10-3-4-11-23;/h5-8,13-14,17H,3-4,9-12,15H2,1-2H3,(H,20,21);1H. The molecule has 7 heteroatoms. The summed E-state index contributed by atoms with van der Waals surface area (Å²) < 4.78 is 5.70. The number of likely N-dealkylation sites (N-methyl/N-ethyl adjacent to an activating group) is 1. The fourth-order valence-corrected chi connectivity index (χ4v) is 4.05. The van der Waals surface area contributed by atoms with Crippen LogP contribution in [0, 0.1) is 0 Å². The quantitative estimate of drug-likeness (QED) is 0.366. The van der Waals surface area contributed by atoms with E-state index in [4.69, 9.17) is 4.42 Å². The average molecular weight is 488 g/mol. The Hall–Kier alpha value is -1.06. The van der Waals surface area contributed by atoms with Crippen LogP contribution in [0.3, 0.4) is 0 Å². The highest BCUT2D eigenvalue weighted by Crippen LogP contribution is 2.24. The molecule has 1 unspecified atom stereocenters. The van der Waals surface area contributed by atoms with Gasteiger partial charge >= 0.3 is 0 Å². The smallest absolute Gasteiger partial charge is 0.193 e. The van der Waals surface area contributed by atoms with Gasteiger partial charge in [-0.1, -0.05) is 6.07 Å². The molecule has 2 aromatic heterocycles. The molecule has 0 saturated carbocycles. The molecule has 0 aromatic carbocycles. The first-order valence-corrected chi connectivity index (χ1v) is 9.87. The first kappa shape index (κ1) is 21.2. The Kier molecular flexibility index (Phi) is 8.94. The molecular weight excluding hydrogens is 459 g/mol. The van der Waals surface area contributed by atoms with Crippen molar-refractivity contribution in [2.24, 2.45) is 4.99 Å². The molecule has 0 radical (unpaired) electrons. The molecule has 3 rings (SSSR count). The SMILES string of the molecule is CN=C(NCC(c1ccco1)N1CCCC1)N(C)CCc1cccs1.I. The summed E-state index contributed by atoms with van der Waals surface area (Å²) in [6, 6.07) is 8.61. The minimum absolute atomic E-state index is 0. The molecule has 1 atom stereocenters. The van der Waals surface area contributed by atoms with E-state index in [9.17, 15) is 0 Å². The van der Waals surface area contributed by atoms with Gasteiger partial charge in [-0.15, -0.1) is 35.3 Å². The Morgan fingerprint density at radius 1 is 1.35 bits per heavy atom. The molecule has 5 nitrogen and oxygen atoms in total. The second-order valence-corrected chi connectivity index (χ2v) is 7.49. The number of furan rings is 1. The Balaban J connectivity index is 0.00000243. The van der Waals surface area contributed by atoms with Crippen molar-refractivity contribution in [2.75, 3.05) is 40.3 Å². The monoisotopic (exact) mass is 488 g/mol. The first-order chi connectivity index (χ1) is 12.3. The van der Waals surface area contributed by atoms with Gasteiger partial charge in [-0.25, -0.2) is 0 Å². The molecule has 1 fully saturated rings. The van der Waals surface area contributed by atoms with Gasteiger partial charge in [0.2, 0.25) is 0 Å². The highest BCUT2D eigenvalue weighted by molar-refractivity contribution is 14.0. The molecule has 0 amide bonds. The van der Waals surface area contributed by atoms with Gasteiger partial charge in [0, 0.05) is 32.1 Å². The summed E-state index contributed by atoms with van der Waals surface area (Å²) in [7, 11) is 3.95. The van der Waals surface area contributed by atoms with Crippen molar-refractivity contribution in [3.8, 4) is 0 Å². The topological polar surface area (TPSA) is 44.0 Å². The van der Waals surface area contributed by atoms with Crippen molar-refractivity contribution in [3.05, 3.63) is 46.5 Å². The van der Waals surface area contributed by atoms with E-state index in [-0.39, 0.29) is 30.0 Å². The molecule has 1 aliphatic rings. The van der Waals surface area contributed by atoms with Gasteiger partial charge in [0.25, 0.3) is 0 Å². The van der Waals surface area contributed by atoms with Crippen LogP contribution in [0.25, 0.3) is 0 Å². The average Bonchev–Trinajstić information content (AvgIpc) is 3.40. The van der Waals surface area contributed by atoms with E-state index in [1.807, 2.05) is 24.5 Å². The Labute approximate surface area is 177 Å². The molecule has 0 spiro atoms. The van der Waals surface area contributed by atoms with Crippen LogP contribution >= 0.6 is 35.3 Å². The van der Waals surface area contributed by atoms with Crippen molar-refractivity contribution in [1.82, 2.24) is 15.1 Å². The third-order valence-corrected chi connectivity index (χ3v) is 5.69. The predicted molar refractivity (Wildman–Crippen MR) is 120 cm³/mol. The van der Waals surface area contributed by atoms with Crippen molar-refractivity contribution < 1.29 is 4.42 Å². The fourth-order valence-electron chi connectivity index (χ4n) is 3.36. The normalized spacial score (nSPS) is 16.3. The second-order valence-electron chi connectivity index (χ2n) is 6.45. The zero-order valence-corrected chi connectivity index (χ0v) is 18.7. The number of hydrogen-bond donors (Lipinski definition) is 1. The first-order valence-electron chi connectivity index (χ1n) is 8.99. The highest BCUT2D eigenvalue weighted by Gasteiger charge is 2.25. The molecule has 1 N–H and O–H groups in total. The number of halogens is 1. The van der Waals surface area contributed by atoms with Crippen LogP contribution in [-0.2, 0) is 6.42 Å². The van der Waals surface area contributed by atoms with Gasteiger partial charge in [0.1, 0.15) is 5.76 Å². The van der Waals surface area contributed by atoms with Crippen molar-refractivity contribution >= 4 is 41.3 Å². The van der Waals surface area contributed by atoms with Crippen LogP contribution in [0.2, 0.25) is 0 Å². The van der Waals surface area contributed by atoms with Crippen LogP contribution < -0.4 is 5.32 Å². The van der Waals surface area contributed by atoms with Crippen LogP contribution in [0.1, 0.15) is 29.5 Å². The van der Waals surface area contributed by atoms with E-state index in [1.165, 1.54) is 17.7 Å². The molecule has 3 heterocycles. The van der Waals surface area contributed by atoms with Crippen molar-refractivity contribution in [1.29, 1.82) is 0 Å². The number of nitrogens with zero attached hydrogens (tertiary/aromatic N) is 3. The zero-order valence-electron chi connectivity index (χ0n) is 15.6. The fraction of sp³-hybridized carbons (Fsp3) is 0.526. The number of guanidine groups is 1. The lowest BCUT2D eigenvalue weighted by Crippen LogP contribution is -2.44. The summed E-state index contributed by atoms with van der Waals surface area (Å²) in [5, 5.41) is 5.67. The Bertz CT molecular complexity index is 639. The molecule has 144 valence electrons. The third kappa shape index (κ3) is 5.72. The molecule has 26 heavy (non-hydrogen) atoms. The Morgan fingerprint density at radius 3 is 2.77 bits per heavy atom. The van der Waals surface area contributed by atoms with Crippen LogP contribution in [0.4, 0.5) is 0 Å². The van der Waals surface area contributed by atoms with E-state index >= 15 is 0 Å². The number of likely N-dealkylation sites (tertiary alicyclic amines) is 1. The summed E-state index contributed by atoms with van der Waals surface area (Å²) in [4.78, 5) is 10.6. The van der Waals surface area contributed by atoms with E-state index < -0.39 is 0 Å². The van der Waals surface area contributed by atoms with E-state index in [1.54, 1.807) is 6.26 Å². The zero-order chi connectivity index (χ0) is 17.5. The number of hydrogen-bond acceptors (Lipinski definition) is 4. The van der Waals surface area contributed by atoms with E-state index in [0.29, 0.717) is 0 Å². The maximum atomic E-state index is 5.70. The van der Waals surface area contributed by atoms with Gasteiger partial charge in [-0.05, 0) is 55.9 Å². The second kappa shape index (κ2) is 10.9. The molecule has 1 saturated heterocycles. The lowest BCUT2D eigenvalue weighted by Gasteiger charge is -2.28. The number of nitrogens with one attached hydrogen (secondary N) is 1. The van der Waals surface area contributed by atoms with Gasteiger partial charge in [-0.3, -0.25) is 9.89 Å². The van der Waals surface area contributed by atoms with Gasteiger partial charge in [0.15, 0.2) is 5.96 Å². The lowest BCUT2D eigenvalue weighted by atomic mass is 10.2. The van der Waals surface area contributed by atoms with Crippen molar-refractivity contribution in [2.45, 2.75) is 25.3 Å². The van der Waals surface area contributed by atoms with Crippen LogP contribution in [0.5, 0.6) is 0 Å². The van der Waals surface area contributed by atoms with E-state index in [2.05, 4.69) is 50.7 Å². The third-order valence-electron chi connectivity index (χ3n) is 4.75. The highest BCUT2D eigenvalue weighted by atomic mass is 127. The molecular formula is C19H29IN4OS. The van der Waals surface area contributed by atoms with Crippen LogP contribution in [0.15, 0.2) is 45.3 Å².